The van der Waals surface area contributed by atoms with Gasteiger partial charge in [-0.15, -0.1) is 0 Å². The molecule has 0 saturated carbocycles. The van der Waals surface area contributed by atoms with Gasteiger partial charge in [0.1, 0.15) is 4.49 Å². The molecule has 0 aromatic carbocycles. The molecular weight excluding hydrogens is 172 g/mol. The van der Waals surface area contributed by atoms with E-state index in [0.717, 1.165) is 0 Å². The van der Waals surface area contributed by atoms with Crippen LogP contribution in [-0.2, 0) is 0 Å². The van der Waals surface area contributed by atoms with Crippen molar-refractivity contribution in [1.29, 1.82) is 0 Å². The molecule has 0 aliphatic heterocycles. The molecule has 0 radical (unpaired) electrons. The summed E-state index contributed by atoms with van der Waals surface area (Å²) >= 11 is 15.2. The number of hydrogen-bond acceptors (Lipinski definition) is 1. The van der Waals surface area contributed by atoms with E-state index in [9.17, 15) is 5.21 Å². The van der Waals surface area contributed by atoms with Crippen molar-refractivity contribution in [2.45, 2.75) is 0 Å². The Kier molecular flexibility index (Phi) is 3.80. The Morgan fingerprint density at radius 1 is 1.38 bits per heavy atom. The summed E-state index contributed by atoms with van der Waals surface area (Å²) in [6, 6.07) is 1.80. The minimum atomic E-state index is -0.216. The first-order chi connectivity index (χ1) is 3.68. The van der Waals surface area contributed by atoms with Gasteiger partial charge in [-0.3, -0.25) is 0 Å². The molecule has 0 aliphatic carbocycles. The summed E-state index contributed by atoms with van der Waals surface area (Å²) in [5.41, 5.74) is 0. The first kappa shape index (κ1) is 7.90. The molecule has 0 aromatic rings. The van der Waals surface area contributed by atoms with Crippen LogP contribution in [-0.4, -0.2) is 0 Å². The molecule has 0 spiro atoms. The summed E-state index contributed by atoms with van der Waals surface area (Å²) in [6.07, 6.45) is 0. The van der Waals surface area contributed by atoms with E-state index in [1.165, 1.54) is 0 Å². The van der Waals surface area contributed by atoms with Crippen LogP contribution >= 0.6 is 34.8 Å². The lowest BCUT2D eigenvalue weighted by Gasteiger charge is -1.73. The van der Waals surface area contributed by atoms with Crippen molar-refractivity contribution in [1.82, 2.24) is 0 Å². The zero-order chi connectivity index (χ0) is 6.57. The molecule has 44 valence electrons. The van der Waals surface area contributed by atoms with Gasteiger partial charge in [0.2, 0.25) is 0 Å². The van der Waals surface area contributed by atoms with Gasteiger partial charge in [-0.25, -0.2) is 0 Å². The first-order valence-corrected chi connectivity index (χ1v) is 2.61. The zero-order valence-corrected chi connectivity index (χ0v) is 5.76. The molecule has 0 unspecified atom stereocenters. The Hall–Kier alpha value is -0.100. The molecule has 0 heterocycles. The topological polar surface area (TPSA) is 27.4 Å². The van der Waals surface area contributed by atoms with Crippen LogP contribution in [0, 0.1) is 11.3 Å². The molecule has 0 rings (SSSR count). The molecule has 0 aliphatic rings. The summed E-state index contributed by atoms with van der Waals surface area (Å²) < 4.78 is -0.216. The summed E-state index contributed by atoms with van der Waals surface area (Å²) in [5.74, 6) is 0. The van der Waals surface area contributed by atoms with Gasteiger partial charge in [-0.1, -0.05) is 34.8 Å². The molecule has 0 aromatic heterocycles. The van der Waals surface area contributed by atoms with Gasteiger partial charge in [0.05, 0.1) is 0 Å². The largest absolute Gasteiger partial charge is 0.498 e. The lowest BCUT2D eigenvalue weighted by molar-refractivity contribution is 2.01. The van der Waals surface area contributed by atoms with Crippen molar-refractivity contribution in [3.05, 3.63) is 19.7 Å². The smallest absolute Gasteiger partial charge is 0.351 e. The third kappa shape index (κ3) is 2.98. The highest BCUT2D eigenvalue weighted by Gasteiger charge is 1.98. The molecule has 8 heavy (non-hydrogen) atoms. The van der Waals surface area contributed by atoms with Gasteiger partial charge in [0.15, 0.2) is 5.03 Å². The Balaban J connectivity index is 4.16. The van der Waals surface area contributed by atoms with Crippen LogP contribution in [0.5, 0.6) is 0 Å². The van der Waals surface area contributed by atoms with Gasteiger partial charge in [0, 0.05) is 5.01 Å². The lowest BCUT2D eigenvalue weighted by atomic mass is 10.7. The predicted octanol–water partition coefficient (Wildman–Crippen LogP) is 2.70. The zero-order valence-electron chi connectivity index (χ0n) is 3.49. The first-order valence-electron chi connectivity index (χ1n) is 1.47. The summed E-state index contributed by atoms with van der Waals surface area (Å²) in [7, 11) is 0. The van der Waals surface area contributed by atoms with E-state index in [1.54, 1.807) is 6.07 Å². The average molecular weight is 172 g/mol. The van der Waals surface area contributed by atoms with Crippen molar-refractivity contribution >= 4 is 34.8 Å². The van der Waals surface area contributed by atoms with Gasteiger partial charge in [0.25, 0.3) is 0 Å². The second-order valence-corrected chi connectivity index (χ2v) is 2.10. The van der Waals surface area contributed by atoms with Crippen LogP contribution in [0.1, 0.15) is 0 Å². The van der Waals surface area contributed by atoms with Crippen molar-refractivity contribution < 1.29 is 0 Å². The quantitative estimate of drug-likeness (QED) is 0.408. The molecule has 2 nitrogen and oxygen atoms in total. The highest BCUT2D eigenvalue weighted by molar-refractivity contribution is 6.59. The van der Waals surface area contributed by atoms with Crippen molar-refractivity contribution in [3.8, 4) is 6.07 Å². The second-order valence-electron chi connectivity index (χ2n) is 0.777. The summed E-state index contributed by atoms with van der Waals surface area (Å²) in [4.78, 5) is 0. The minimum absolute atomic E-state index is 0.177. The van der Waals surface area contributed by atoms with Crippen LogP contribution in [0.2, 0.25) is 0 Å². The molecule has 0 N–H and O–H groups in total. The fourth-order valence-corrected chi connectivity index (χ4v) is 0.201. The van der Waals surface area contributed by atoms with Crippen LogP contribution < -0.4 is 0 Å². The van der Waals surface area contributed by atoms with E-state index < -0.39 is 0 Å². The third-order valence-electron chi connectivity index (χ3n) is 0.310. The number of halogens is 3. The number of allylic oxidation sites excluding steroid dienone is 1. The average Bonchev–Trinajstić information content (AvgIpc) is 1.67. The van der Waals surface area contributed by atoms with Gasteiger partial charge in [-0.05, 0) is 0 Å². The van der Waals surface area contributed by atoms with Crippen LogP contribution in [0.3, 0.4) is 0 Å². The van der Waals surface area contributed by atoms with Crippen LogP contribution in [0.4, 0.5) is 0 Å². The molecule has 0 atom stereocenters. The fourth-order valence-electron chi connectivity index (χ4n) is 0.0823. The van der Waals surface area contributed by atoms with Crippen molar-refractivity contribution in [2.24, 2.45) is 0 Å². The SMILES string of the molecule is [O-][N+]#CC(Cl)=C(Cl)Cl. The molecule has 0 amide bonds. The Labute approximate surface area is 61.0 Å². The number of hydrogen-bond donors (Lipinski definition) is 0. The van der Waals surface area contributed by atoms with E-state index in [1.807, 2.05) is 0 Å². The van der Waals surface area contributed by atoms with Crippen LogP contribution in [0.25, 0.3) is 5.01 Å². The van der Waals surface area contributed by atoms with E-state index in [0.29, 0.717) is 0 Å². The molecule has 0 saturated heterocycles. The Morgan fingerprint density at radius 2 is 1.88 bits per heavy atom. The maximum Gasteiger partial charge on any atom is 0.351 e. The predicted molar refractivity (Wildman–Crippen MR) is 35.2 cm³/mol. The molecule has 5 heteroatoms. The fraction of sp³-hybridized carbons (Fsp3) is 0. The maximum atomic E-state index is 9.32. The van der Waals surface area contributed by atoms with E-state index >= 15 is 0 Å². The molecule has 0 bridgehead atoms. The summed E-state index contributed by atoms with van der Waals surface area (Å²) in [5, 5.41) is 11.3. The van der Waals surface area contributed by atoms with Gasteiger partial charge in [-0.2, -0.15) is 0 Å². The van der Waals surface area contributed by atoms with E-state index in [4.69, 9.17) is 34.8 Å². The van der Waals surface area contributed by atoms with Crippen molar-refractivity contribution in [3.63, 3.8) is 0 Å². The molecule has 0 fully saturated rings. The maximum absolute atomic E-state index is 9.32. The van der Waals surface area contributed by atoms with Gasteiger partial charge >= 0.3 is 6.07 Å². The van der Waals surface area contributed by atoms with Crippen molar-refractivity contribution in [2.75, 3.05) is 0 Å². The third-order valence-corrected chi connectivity index (χ3v) is 1.15. The molecular formula is C3Cl3NO. The number of rotatable bonds is 0. The Bertz CT molecular complexity index is 161. The standard InChI is InChI=1S/C3Cl3NO/c4-2(1-7-8)3(5)6. The van der Waals surface area contributed by atoms with Crippen LogP contribution in [0.15, 0.2) is 9.52 Å². The Morgan fingerprint density at radius 3 is 2.00 bits per heavy atom. The summed E-state index contributed by atoms with van der Waals surface area (Å²) in [6.45, 7) is 0. The normalized spacial score (nSPS) is 6.88. The van der Waals surface area contributed by atoms with E-state index in [-0.39, 0.29) is 9.52 Å². The lowest BCUT2D eigenvalue weighted by Crippen LogP contribution is -1.60. The number of nitrogens with zero attached hydrogens (tertiary/aromatic N) is 1. The second kappa shape index (κ2) is 3.85. The minimum Gasteiger partial charge on any atom is -0.498 e. The highest BCUT2D eigenvalue weighted by Crippen LogP contribution is 2.16. The monoisotopic (exact) mass is 171 g/mol. The van der Waals surface area contributed by atoms with E-state index in [2.05, 4.69) is 5.01 Å². The highest BCUT2D eigenvalue weighted by atomic mass is 35.5. The van der Waals surface area contributed by atoms with Gasteiger partial charge < -0.3 is 5.21 Å².